The molecule has 1 saturated heterocycles. The second-order valence-electron chi connectivity index (χ2n) is 6.78. The molecule has 0 aromatic carbocycles. The number of rotatable bonds is 2. The van der Waals surface area contributed by atoms with Crippen molar-refractivity contribution in [1.82, 2.24) is 0 Å². The summed E-state index contributed by atoms with van der Waals surface area (Å²) in [6.07, 6.45) is 7.39. The molecular formula is C16H26O3. The predicted molar refractivity (Wildman–Crippen MR) is 75.8 cm³/mol. The van der Waals surface area contributed by atoms with Gasteiger partial charge in [0, 0.05) is 6.42 Å². The Balaban J connectivity index is 2.25. The van der Waals surface area contributed by atoms with Crippen molar-refractivity contribution < 1.29 is 14.6 Å². The van der Waals surface area contributed by atoms with E-state index < -0.39 is 11.9 Å². The van der Waals surface area contributed by atoms with Crippen LogP contribution in [-0.2, 0) is 9.47 Å². The molecule has 3 atom stereocenters. The lowest BCUT2D eigenvalue weighted by Crippen LogP contribution is -2.46. The first kappa shape index (κ1) is 14.8. The summed E-state index contributed by atoms with van der Waals surface area (Å²) in [5, 5.41) is 10.2. The van der Waals surface area contributed by atoms with Crippen molar-refractivity contribution in [3.05, 3.63) is 23.8 Å². The summed E-state index contributed by atoms with van der Waals surface area (Å²) in [4.78, 5) is 0. The van der Waals surface area contributed by atoms with Gasteiger partial charge in [0.05, 0.1) is 12.7 Å². The molecule has 0 saturated carbocycles. The average Bonchev–Trinajstić information content (AvgIpc) is 2.61. The smallest absolute Gasteiger partial charge is 0.190 e. The van der Waals surface area contributed by atoms with Crippen molar-refractivity contribution in [2.75, 3.05) is 6.61 Å². The first-order valence-corrected chi connectivity index (χ1v) is 7.11. The highest BCUT2D eigenvalue weighted by Crippen LogP contribution is 2.47. The highest BCUT2D eigenvalue weighted by Gasteiger charge is 2.52. The van der Waals surface area contributed by atoms with Gasteiger partial charge in [-0.1, -0.05) is 32.9 Å². The average molecular weight is 266 g/mol. The van der Waals surface area contributed by atoms with Crippen LogP contribution in [0.15, 0.2) is 23.8 Å². The Morgan fingerprint density at radius 2 is 2.11 bits per heavy atom. The van der Waals surface area contributed by atoms with Gasteiger partial charge in [-0.15, -0.1) is 0 Å². The third-order valence-electron chi connectivity index (χ3n) is 4.04. The zero-order valence-corrected chi connectivity index (χ0v) is 12.7. The van der Waals surface area contributed by atoms with Gasteiger partial charge in [0.1, 0.15) is 5.60 Å². The van der Waals surface area contributed by atoms with Crippen LogP contribution >= 0.6 is 0 Å². The standard InChI is InChI=1S/C16H26O3/c1-6-7-8-15(5)11-18-16(19-15)9-12(2)13(17)14(3,4)10-16/h7-9,13,17H,6,10-11H2,1-5H3. The van der Waals surface area contributed by atoms with E-state index in [0.29, 0.717) is 13.0 Å². The van der Waals surface area contributed by atoms with E-state index in [1.54, 1.807) is 0 Å². The first-order chi connectivity index (χ1) is 8.72. The topological polar surface area (TPSA) is 38.7 Å². The van der Waals surface area contributed by atoms with E-state index in [1.165, 1.54) is 0 Å². The summed E-state index contributed by atoms with van der Waals surface area (Å²) < 4.78 is 12.2. The summed E-state index contributed by atoms with van der Waals surface area (Å²) in [5.41, 5.74) is 0.323. The molecule has 1 spiro atoms. The van der Waals surface area contributed by atoms with Crippen LogP contribution in [0, 0.1) is 5.41 Å². The molecule has 1 fully saturated rings. The van der Waals surface area contributed by atoms with Gasteiger partial charge in [-0.25, -0.2) is 0 Å². The van der Waals surface area contributed by atoms with Gasteiger partial charge in [0.25, 0.3) is 0 Å². The molecule has 19 heavy (non-hydrogen) atoms. The van der Waals surface area contributed by atoms with E-state index in [0.717, 1.165) is 12.0 Å². The maximum atomic E-state index is 10.2. The number of aliphatic hydroxyl groups excluding tert-OH is 1. The monoisotopic (exact) mass is 266 g/mol. The summed E-state index contributed by atoms with van der Waals surface area (Å²) in [6.45, 7) is 10.8. The number of hydrogen-bond acceptors (Lipinski definition) is 3. The van der Waals surface area contributed by atoms with Crippen LogP contribution in [0.4, 0.5) is 0 Å². The number of hydrogen-bond donors (Lipinski definition) is 1. The summed E-state index contributed by atoms with van der Waals surface area (Å²) in [7, 11) is 0. The maximum Gasteiger partial charge on any atom is 0.190 e. The molecule has 0 bridgehead atoms. The molecule has 3 nitrogen and oxygen atoms in total. The van der Waals surface area contributed by atoms with E-state index >= 15 is 0 Å². The summed E-state index contributed by atoms with van der Waals surface area (Å²) in [5.74, 6) is -0.681. The van der Waals surface area contributed by atoms with Crippen molar-refractivity contribution in [3.8, 4) is 0 Å². The summed E-state index contributed by atoms with van der Waals surface area (Å²) in [6, 6.07) is 0. The number of aliphatic hydroxyl groups is 1. The zero-order chi connectivity index (χ0) is 14.3. The van der Waals surface area contributed by atoms with Crippen LogP contribution in [0.25, 0.3) is 0 Å². The van der Waals surface area contributed by atoms with Gasteiger partial charge in [-0.2, -0.15) is 0 Å². The van der Waals surface area contributed by atoms with Crippen molar-refractivity contribution in [2.45, 2.75) is 65.0 Å². The Hall–Kier alpha value is -0.640. The lowest BCUT2D eigenvalue weighted by molar-refractivity contribution is -0.176. The van der Waals surface area contributed by atoms with Crippen molar-refractivity contribution in [3.63, 3.8) is 0 Å². The van der Waals surface area contributed by atoms with Crippen LogP contribution in [-0.4, -0.2) is 29.2 Å². The Morgan fingerprint density at radius 3 is 2.68 bits per heavy atom. The molecule has 1 N–H and O–H groups in total. The number of ether oxygens (including phenoxy) is 2. The van der Waals surface area contributed by atoms with E-state index in [-0.39, 0.29) is 11.0 Å². The molecular weight excluding hydrogens is 240 g/mol. The molecule has 0 amide bonds. The molecule has 3 heteroatoms. The molecule has 3 unspecified atom stereocenters. The minimum absolute atomic E-state index is 0.238. The molecule has 0 aromatic rings. The van der Waals surface area contributed by atoms with Gasteiger partial charge in [-0.05, 0) is 37.3 Å². The number of allylic oxidation sites excluding steroid dienone is 1. The van der Waals surface area contributed by atoms with E-state index in [1.807, 2.05) is 13.0 Å². The quantitative estimate of drug-likeness (QED) is 0.780. The Kier molecular flexibility index (Phi) is 3.67. The lowest BCUT2D eigenvalue weighted by atomic mass is 9.72. The van der Waals surface area contributed by atoms with Crippen LogP contribution in [0.5, 0.6) is 0 Å². The van der Waals surface area contributed by atoms with Crippen molar-refractivity contribution >= 4 is 0 Å². The molecule has 2 rings (SSSR count). The van der Waals surface area contributed by atoms with Crippen molar-refractivity contribution in [2.24, 2.45) is 5.41 Å². The lowest BCUT2D eigenvalue weighted by Gasteiger charge is -2.43. The SMILES string of the molecule is CCC=CC1(C)COC2(C=C(C)C(O)C(C)(C)C2)O1. The first-order valence-electron chi connectivity index (χ1n) is 7.11. The molecule has 1 aliphatic carbocycles. The molecule has 0 aromatic heterocycles. The van der Waals surface area contributed by atoms with E-state index in [2.05, 4.69) is 39.8 Å². The van der Waals surface area contributed by atoms with Crippen LogP contribution in [0.2, 0.25) is 0 Å². The molecule has 108 valence electrons. The fourth-order valence-electron chi connectivity index (χ4n) is 3.15. The van der Waals surface area contributed by atoms with Crippen LogP contribution in [0.3, 0.4) is 0 Å². The van der Waals surface area contributed by atoms with Gasteiger partial charge in [-0.3, -0.25) is 0 Å². The van der Waals surface area contributed by atoms with Gasteiger partial charge in [0.15, 0.2) is 5.79 Å². The molecule has 1 heterocycles. The fourth-order valence-corrected chi connectivity index (χ4v) is 3.15. The predicted octanol–water partition coefficient (Wildman–Crippen LogP) is 3.19. The second-order valence-corrected chi connectivity index (χ2v) is 6.78. The Bertz CT molecular complexity index is 410. The van der Waals surface area contributed by atoms with Crippen LogP contribution in [0.1, 0.15) is 47.5 Å². The third kappa shape index (κ3) is 2.78. The Labute approximate surface area is 116 Å². The van der Waals surface area contributed by atoms with Gasteiger partial charge >= 0.3 is 0 Å². The zero-order valence-electron chi connectivity index (χ0n) is 12.7. The summed E-state index contributed by atoms with van der Waals surface area (Å²) >= 11 is 0. The molecule has 0 radical (unpaired) electrons. The van der Waals surface area contributed by atoms with Crippen LogP contribution < -0.4 is 0 Å². The Morgan fingerprint density at radius 1 is 1.42 bits per heavy atom. The van der Waals surface area contributed by atoms with E-state index in [9.17, 15) is 5.11 Å². The van der Waals surface area contributed by atoms with Crippen molar-refractivity contribution in [1.29, 1.82) is 0 Å². The highest BCUT2D eigenvalue weighted by molar-refractivity contribution is 5.22. The van der Waals surface area contributed by atoms with Gasteiger partial charge < -0.3 is 14.6 Å². The highest BCUT2D eigenvalue weighted by atomic mass is 16.8. The van der Waals surface area contributed by atoms with E-state index in [4.69, 9.17) is 9.47 Å². The fraction of sp³-hybridized carbons (Fsp3) is 0.750. The second kappa shape index (κ2) is 4.72. The maximum absolute atomic E-state index is 10.2. The minimum atomic E-state index is -0.681. The normalized spacial score (nSPS) is 42.0. The molecule has 1 aliphatic heterocycles. The minimum Gasteiger partial charge on any atom is -0.388 e. The van der Waals surface area contributed by atoms with Gasteiger partial charge in [0.2, 0.25) is 0 Å². The largest absolute Gasteiger partial charge is 0.388 e. The molecule has 2 aliphatic rings. The third-order valence-corrected chi connectivity index (χ3v) is 4.04.